The van der Waals surface area contributed by atoms with E-state index in [4.69, 9.17) is 9.72 Å². The van der Waals surface area contributed by atoms with Crippen molar-refractivity contribution in [1.82, 2.24) is 9.55 Å². The fraction of sp³-hybridized carbons (Fsp3) is 0.458. The van der Waals surface area contributed by atoms with Gasteiger partial charge in [-0.1, -0.05) is 19.1 Å². The Balaban J connectivity index is 1.80. The molecule has 5 nitrogen and oxygen atoms in total. The number of aryl methyl sites for hydroxylation is 3. The molecule has 1 aliphatic carbocycles. The number of rotatable bonds is 6. The molecule has 1 aromatic carbocycles. The third kappa shape index (κ3) is 3.86. The van der Waals surface area contributed by atoms with Gasteiger partial charge in [0.05, 0.1) is 18.5 Å². The molecule has 30 heavy (non-hydrogen) atoms. The molecule has 1 atom stereocenters. The van der Waals surface area contributed by atoms with Crippen molar-refractivity contribution < 1.29 is 9.53 Å². The van der Waals surface area contributed by atoms with Crippen molar-refractivity contribution in [1.29, 1.82) is 0 Å². The number of carbonyl (C=O) groups is 1. The first-order valence-electron chi connectivity index (χ1n) is 10.5. The first-order chi connectivity index (χ1) is 14.4. The lowest BCUT2D eigenvalue weighted by Crippen LogP contribution is -2.29. The molecular weight excluding hydrogens is 396 g/mol. The summed E-state index contributed by atoms with van der Waals surface area (Å²) in [5.41, 5.74) is 3.91. The maximum atomic E-state index is 13.6. The van der Waals surface area contributed by atoms with E-state index in [0.717, 1.165) is 46.2 Å². The number of Topliss-reactive ketones (excluding diaryl/α,β-unsaturated/α-hetero) is 1. The van der Waals surface area contributed by atoms with Gasteiger partial charge in [-0.05, 0) is 61.8 Å². The molecule has 158 valence electrons. The van der Waals surface area contributed by atoms with Crippen LogP contribution in [0.25, 0.3) is 10.2 Å². The van der Waals surface area contributed by atoms with E-state index in [0.29, 0.717) is 30.3 Å². The highest BCUT2D eigenvalue weighted by molar-refractivity contribution is 7.18. The Morgan fingerprint density at radius 2 is 2.10 bits per heavy atom. The van der Waals surface area contributed by atoms with Crippen LogP contribution in [0.3, 0.4) is 0 Å². The maximum Gasteiger partial charge on any atom is 0.262 e. The molecule has 0 fully saturated rings. The first-order valence-corrected chi connectivity index (χ1v) is 11.3. The lowest BCUT2D eigenvalue weighted by atomic mass is 9.89. The van der Waals surface area contributed by atoms with Crippen molar-refractivity contribution >= 4 is 27.3 Å². The molecular formula is C24H28N2O3S. The van der Waals surface area contributed by atoms with E-state index in [1.54, 1.807) is 23.0 Å². The van der Waals surface area contributed by atoms with Gasteiger partial charge < -0.3 is 4.74 Å². The summed E-state index contributed by atoms with van der Waals surface area (Å²) >= 11 is 1.64. The second-order valence-corrected chi connectivity index (χ2v) is 9.50. The number of carbonyl (C=O) groups excluding carboxylic acids is 1. The number of fused-ring (bicyclic) bond motifs is 3. The van der Waals surface area contributed by atoms with Gasteiger partial charge in [0.1, 0.15) is 10.7 Å². The molecule has 6 heteroatoms. The van der Waals surface area contributed by atoms with E-state index in [2.05, 4.69) is 6.92 Å². The van der Waals surface area contributed by atoms with Crippen molar-refractivity contribution in [3.8, 4) is 0 Å². The summed E-state index contributed by atoms with van der Waals surface area (Å²) in [7, 11) is 1.63. The predicted octanol–water partition coefficient (Wildman–Crippen LogP) is 4.27. The summed E-state index contributed by atoms with van der Waals surface area (Å²) in [5, 5.41) is 0.718. The quantitative estimate of drug-likeness (QED) is 0.555. The number of hydrogen-bond donors (Lipinski definition) is 0. The van der Waals surface area contributed by atoms with Crippen LogP contribution in [-0.2, 0) is 30.5 Å². The van der Waals surface area contributed by atoms with E-state index in [9.17, 15) is 9.59 Å². The molecule has 1 unspecified atom stereocenters. The van der Waals surface area contributed by atoms with Crippen molar-refractivity contribution in [3.63, 3.8) is 0 Å². The second kappa shape index (κ2) is 8.44. The van der Waals surface area contributed by atoms with Crippen LogP contribution in [0, 0.1) is 19.8 Å². The topological polar surface area (TPSA) is 61.2 Å². The van der Waals surface area contributed by atoms with Crippen LogP contribution >= 0.6 is 11.3 Å². The van der Waals surface area contributed by atoms with Gasteiger partial charge in [0.2, 0.25) is 0 Å². The van der Waals surface area contributed by atoms with Crippen LogP contribution in [0.4, 0.5) is 0 Å². The SMILES string of the molecule is COCCc1nc2sc3c(c2c(=O)n1CC(=O)c1ccc(C)c(C)c1)CCC(C)C3. The normalized spacial score (nSPS) is 16.1. The van der Waals surface area contributed by atoms with E-state index in [-0.39, 0.29) is 17.9 Å². The zero-order valence-electron chi connectivity index (χ0n) is 18.1. The minimum absolute atomic E-state index is 0.00431. The first kappa shape index (κ1) is 20.9. The molecule has 1 aliphatic rings. The molecule has 0 bridgehead atoms. The number of ketones is 1. The van der Waals surface area contributed by atoms with E-state index in [1.807, 2.05) is 32.0 Å². The average molecular weight is 425 g/mol. The summed E-state index contributed by atoms with van der Waals surface area (Å²) in [6.07, 6.45) is 3.51. The van der Waals surface area contributed by atoms with Crippen LogP contribution in [0.1, 0.15) is 51.1 Å². The molecule has 0 spiro atoms. The highest BCUT2D eigenvalue weighted by Gasteiger charge is 2.25. The fourth-order valence-corrected chi connectivity index (χ4v) is 5.55. The van der Waals surface area contributed by atoms with E-state index in [1.165, 1.54) is 4.88 Å². The molecule has 0 amide bonds. The third-order valence-corrected chi connectivity index (χ3v) is 7.30. The van der Waals surface area contributed by atoms with Crippen LogP contribution in [0.5, 0.6) is 0 Å². The molecule has 4 rings (SSSR count). The molecule has 0 aliphatic heterocycles. The minimum Gasteiger partial charge on any atom is -0.384 e. The van der Waals surface area contributed by atoms with Crippen LogP contribution < -0.4 is 5.56 Å². The van der Waals surface area contributed by atoms with Crippen molar-refractivity contribution in [2.24, 2.45) is 5.92 Å². The summed E-state index contributed by atoms with van der Waals surface area (Å²) in [4.78, 5) is 33.5. The van der Waals surface area contributed by atoms with Gasteiger partial charge >= 0.3 is 0 Å². The number of benzene rings is 1. The summed E-state index contributed by atoms with van der Waals surface area (Å²) in [6.45, 7) is 6.73. The number of hydrogen-bond acceptors (Lipinski definition) is 5. The fourth-order valence-electron chi connectivity index (χ4n) is 4.16. The highest BCUT2D eigenvalue weighted by atomic mass is 32.1. The van der Waals surface area contributed by atoms with Gasteiger partial charge in [0, 0.05) is 24.0 Å². The Hall–Kier alpha value is -2.31. The largest absolute Gasteiger partial charge is 0.384 e. The lowest BCUT2D eigenvalue weighted by molar-refractivity contribution is 0.0968. The zero-order valence-corrected chi connectivity index (χ0v) is 18.9. The Kier molecular flexibility index (Phi) is 5.89. The summed E-state index contributed by atoms with van der Waals surface area (Å²) in [6, 6.07) is 5.69. The number of methoxy groups -OCH3 is 1. The number of nitrogens with zero attached hydrogens (tertiary/aromatic N) is 2. The monoisotopic (exact) mass is 424 g/mol. The predicted molar refractivity (Wildman–Crippen MR) is 121 cm³/mol. The minimum atomic E-state index is -0.0876. The van der Waals surface area contributed by atoms with Gasteiger partial charge in [-0.3, -0.25) is 14.2 Å². The summed E-state index contributed by atoms with van der Waals surface area (Å²) < 4.78 is 6.80. The molecule has 0 N–H and O–H groups in total. The number of aromatic nitrogens is 2. The van der Waals surface area contributed by atoms with Crippen LogP contribution in [0.2, 0.25) is 0 Å². The molecule has 0 saturated carbocycles. The van der Waals surface area contributed by atoms with Crippen LogP contribution in [0.15, 0.2) is 23.0 Å². The standard InChI is InChI=1S/C24H28N2O3S/c1-14-5-8-18-20(11-14)30-23-22(18)24(28)26(21(25-23)9-10-29-4)13-19(27)17-7-6-15(2)16(3)12-17/h6-7,12,14H,5,8-11,13H2,1-4H3. The molecule has 0 saturated heterocycles. The molecule has 2 aromatic heterocycles. The Labute approximate surface area is 180 Å². The second-order valence-electron chi connectivity index (χ2n) is 8.42. The van der Waals surface area contributed by atoms with Gasteiger partial charge in [-0.15, -0.1) is 11.3 Å². The molecule has 3 aromatic rings. The smallest absolute Gasteiger partial charge is 0.262 e. The van der Waals surface area contributed by atoms with Gasteiger partial charge in [0.25, 0.3) is 5.56 Å². The maximum absolute atomic E-state index is 13.6. The van der Waals surface area contributed by atoms with Crippen molar-refractivity contribution in [3.05, 3.63) is 61.5 Å². The average Bonchev–Trinajstić information content (AvgIpc) is 3.08. The summed E-state index contributed by atoms with van der Waals surface area (Å²) in [5.74, 6) is 1.18. The van der Waals surface area contributed by atoms with E-state index < -0.39 is 0 Å². The van der Waals surface area contributed by atoms with E-state index >= 15 is 0 Å². The Morgan fingerprint density at radius 3 is 2.83 bits per heavy atom. The van der Waals surface area contributed by atoms with Gasteiger partial charge in [-0.25, -0.2) is 4.98 Å². The Bertz CT molecular complexity index is 1180. The molecule has 0 radical (unpaired) electrons. The lowest BCUT2D eigenvalue weighted by Gasteiger charge is -2.18. The van der Waals surface area contributed by atoms with Crippen molar-refractivity contribution in [2.45, 2.75) is 53.0 Å². The van der Waals surface area contributed by atoms with Gasteiger partial charge in [0.15, 0.2) is 5.78 Å². The number of thiophene rings is 1. The Morgan fingerprint density at radius 1 is 1.30 bits per heavy atom. The van der Waals surface area contributed by atoms with Crippen LogP contribution in [-0.4, -0.2) is 29.1 Å². The third-order valence-electron chi connectivity index (χ3n) is 6.15. The highest BCUT2D eigenvalue weighted by Crippen LogP contribution is 2.35. The molecule has 2 heterocycles. The zero-order chi connectivity index (χ0) is 21.4. The van der Waals surface area contributed by atoms with Gasteiger partial charge in [-0.2, -0.15) is 0 Å². The number of ether oxygens (including phenoxy) is 1. The van der Waals surface area contributed by atoms with Crippen molar-refractivity contribution in [2.75, 3.05) is 13.7 Å².